The molecule has 3 heterocycles. The molecule has 2 amide bonds. The van der Waals surface area contributed by atoms with Gasteiger partial charge in [-0.15, -0.1) is 0 Å². The molecule has 0 unspecified atom stereocenters. The Morgan fingerprint density at radius 2 is 1.96 bits per heavy atom. The number of nitrogens with one attached hydrogen (secondary N) is 2. The van der Waals surface area contributed by atoms with Crippen LogP contribution < -0.4 is 10.6 Å². The van der Waals surface area contributed by atoms with Crippen molar-refractivity contribution in [2.24, 2.45) is 0 Å². The second-order valence-corrected chi connectivity index (χ2v) is 6.96. The summed E-state index contributed by atoms with van der Waals surface area (Å²) in [6.45, 7) is 2.80. The molecule has 0 bridgehead atoms. The summed E-state index contributed by atoms with van der Waals surface area (Å²) >= 11 is 0. The van der Waals surface area contributed by atoms with Gasteiger partial charge in [0.2, 0.25) is 0 Å². The van der Waals surface area contributed by atoms with E-state index in [1.54, 1.807) is 11.0 Å². The fraction of sp³-hybridized carbons (Fsp3) is 0.400. The number of piperidine rings is 1. The third-order valence-corrected chi connectivity index (χ3v) is 5.41. The molecule has 2 aromatic rings. The van der Waals surface area contributed by atoms with Gasteiger partial charge < -0.3 is 15.5 Å². The van der Waals surface area contributed by atoms with Crippen LogP contribution in [0.1, 0.15) is 35.4 Å². The van der Waals surface area contributed by atoms with Crippen molar-refractivity contribution in [3.8, 4) is 0 Å². The summed E-state index contributed by atoms with van der Waals surface area (Å²) in [7, 11) is 0. The van der Waals surface area contributed by atoms with Crippen molar-refractivity contribution in [2.45, 2.75) is 31.7 Å². The molecule has 2 aliphatic heterocycles. The summed E-state index contributed by atoms with van der Waals surface area (Å²) < 4.78 is 14.7. The average molecular weight is 354 g/mol. The number of amides is 2. The number of benzene rings is 1. The lowest BCUT2D eigenvalue weighted by atomic mass is 9.90. The predicted octanol–water partition coefficient (Wildman–Crippen LogP) is 3.28. The van der Waals surface area contributed by atoms with Gasteiger partial charge in [-0.2, -0.15) is 0 Å². The van der Waals surface area contributed by atoms with Crippen molar-refractivity contribution < 1.29 is 9.18 Å². The summed E-state index contributed by atoms with van der Waals surface area (Å²) in [5.41, 5.74) is 3.25. The highest BCUT2D eigenvalue weighted by Crippen LogP contribution is 2.29. The van der Waals surface area contributed by atoms with Gasteiger partial charge in [-0.05, 0) is 66.6 Å². The van der Waals surface area contributed by atoms with Crippen molar-refractivity contribution in [2.75, 3.05) is 25.0 Å². The third kappa shape index (κ3) is 3.42. The highest BCUT2D eigenvalue weighted by atomic mass is 19.1. The zero-order valence-electron chi connectivity index (χ0n) is 14.7. The molecule has 0 radical (unpaired) electrons. The summed E-state index contributed by atoms with van der Waals surface area (Å²) in [5.74, 6) is 0.166. The molecule has 1 aromatic heterocycles. The summed E-state index contributed by atoms with van der Waals surface area (Å²) in [4.78, 5) is 18.4. The van der Waals surface area contributed by atoms with Crippen LogP contribution in [0.2, 0.25) is 0 Å². The number of pyridine rings is 1. The van der Waals surface area contributed by atoms with Crippen molar-refractivity contribution in [1.29, 1.82) is 0 Å². The number of urea groups is 1. The molecule has 1 aromatic carbocycles. The predicted molar refractivity (Wildman–Crippen MR) is 98.6 cm³/mol. The molecule has 2 aliphatic rings. The number of anilines is 1. The van der Waals surface area contributed by atoms with Gasteiger partial charge in [0.05, 0.1) is 5.69 Å². The minimum atomic E-state index is -0.288. The molecule has 0 spiro atoms. The summed E-state index contributed by atoms with van der Waals surface area (Å²) in [6, 6.07) is 7.43. The maximum atomic E-state index is 14.7. The molecule has 0 atom stereocenters. The number of aromatic nitrogens is 1. The van der Waals surface area contributed by atoms with Crippen LogP contribution in [0.15, 0.2) is 36.7 Å². The molecule has 6 heteroatoms. The lowest BCUT2D eigenvalue weighted by molar-refractivity contribution is 0.194. The van der Waals surface area contributed by atoms with Gasteiger partial charge in [0.25, 0.3) is 0 Å². The topological polar surface area (TPSA) is 57.3 Å². The third-order valence-electron chi connectivity index (χ3n) is 5.41. The monoisotopic (exact) mass is 354 g/mol. The number of halogens is 1. The van der Waals surface area contributed by atoms with Crippen molar-refractivity contribution in [3.63, 3.8) is 0 Å². The standard InChI is InChI=1S/C20H23FN4O/c21-19-17-5-10-23-13-16(17)1-2-18(19)24-20(26)25-11-6-15(7-12-25)14-3-8-22-9-4-14/h1-4,8-9,15,23H,5-7,10-13H2,(H,24,26). The maximum absolute atomic E-state index is 14.7. The number of rotatable bonds is 2. The van der Waals surface area contributed by atoms with Gasteiger partial charge in [0, 0.05) is 32.0 Å². The molecule has 0 aliphatic carbocycles. The summed E-state index contributed by atoms with van der Waals surface area (Å²) in [5, 5.41) is 6.00. The van der Waals surface area contributed by atoms with Crippen LogP contribution >= 0.6 is 0 Å². The normalized spacial score (nSPS) is 17.7. The molecule has 26 heavy (non-hydrogen) atoms. The second kappa shape index (κ2) is 7.41. The van der Waals surface area contributed by atoms with E-state index in [1.165, 1.54) is 5.56 Å². The van der Waals surface area contributed by atoms with Crippen LogP contribution in [0, 0.1) is 5.82 Å². The molecular formula is C20H23FN4O. The minimum absolute atomic E-state index is 0.217. The molecule has 136 valence electrons. The van der Waals surface area contributed by atoms with E-state index in [-0.39, 0.29) is 17.5 Å². The number of carbonyl (C=O) groups is 1. The Bertz CT molecular complexity index is 788. The number of fused-ring (bicyclic) bond motifs is 1. The molecular weight excluding hydrogens is 331 g/mol. The first-order chi connectivity index (χ1) is 12.7. The molecule has 1 fully saturated rings. The minimum Gasteiger partial charge on any atom is -0.324 e. The van der Waals surface area contributed by atoms with E-state index in [0.717, 1.165) is 30.5 Å². The lowest BCUT2D eigenvalue weighted by Gasteiger charge is -2.32. The molecule has 2 N–H and O–H groups in total. The van der Waals surface area contributed by atoms with Gasteiger partial charge in [-0.1, -0.05) is 6.07 Å². The van der Waals surface area contributed by atoms with Gasteiger partial charge >= 0.3 is 6.03 Å². The first kappa shape index (κ1) is 17.0. The number of hydrogen-bond acceptors (Lipinski definition) is 3. The van der Waals surface area contributed by atoms with Crippen LogP contribution in [-0.4, -0.2) is 35.5 Å². The first-order valence-electron chi connectivity index (χ1n) is 9.19. The average Bonchev–Trinajstić information content (AvgIpc) is 2.71. The highest BCUT2D eigenvalue weighted by Gasteiger charge is 2.25. The van der Waals surface area contributed by atoms with Gasteiger partial charge in [0.15, 0.2) is 0 Å². The fourth-order valence-corrected chi connectivity index (χ4v) is 3.88. The smallest absolute Gasteiger partial charge is 0.321 e. The van der Waals surface area contributed by atoms with E-state index in [0.29, 0.717) is 32.0 Å². The maximum Gasteiger partial charge on any atom is 0.321 e. The van der Waals surface area contributed by atoms with Crippen molar-refractivity contribution in [1.82, 2.24) is 15.2 Å². The Kier molecular flexibility index (Phi) is 4.84. The Morgan fingerprint density at radius 1 is 1.19 bits per heavy atom. The van der Waals surface area contributed by atoms with E-state index in [2.05, 4.69) is 15.6 Å². The SMILES string of the molecule is O=C(Nc1ccc2c(c1F)CCNC2)N1CCC(c2ccncc2)CC1. The van der Waals surface area contributed by atoms with Gasteiger partial charge in [-0.25, -0.2) is 9.18 Å². The Hall–Kier alpha value is -2.47. The fourth-order valence-electron chi connectivity index (χ4n) is 3.88. The second-order valence-electron chi connectivity index (χ2n) is 6.96. The zero-order valence-corrected chi connectivity index (χ0v) is 14.7. The largest absolute Gasteiger partial charge is 0.324 e. The number of hydrogen-bond donors (Lipinski definition) is 2. The highest BCUT2D eigenvalue weighted by molar-refractivity contribution is 5.89. The zero-order chi connectivity index (χ0) is 17.9. The van der Waals surface area contributed by atoms with Crippen molar-refractivity contribution >= 4 is 11.7 Å². The number of likely N-dealkylation sites (tertiary alicyclic amines) is 1. The van der Waals surface area contributed by atoms with Gasteiger partial charge in [0.1, 0.15) is 5.82 Å². The van der Waals surface area contributed by atoms with Crippen LogP contribution in [0.3, 0.4) is 0 Å². The molecule has 1 saturated heterocycles. The van der Waals surface area contributed by atoms with E-state index in [4.69, 9.17) is 0 Å². The Balaban J connectivity index is 1.39. The quantitative estimate of drug-likeness (QED) is 0.870. The van der Waals surface area contributed by atoms with Crippen LogP contribution in [0.5, 0.6) is 0 Å². The van der Waals surface area contributed by atoms with Crippen LogP contribution in [0.25, 0.3) is 0 Å². The number of carbonyl (C=O) groups excluding carboxylic acids is 1. The Labute approximate surface area is 152 Å². The Morgan fingerprint density at radius 3 is 2.73 bits per heavy atom. The van der Waals surface area contributed by atoms with E-state index < -0.39 is 0 Å². The summed E-state index contributed by atoms with van der Waals surface area (Å²) in [6.07, 6.45) is 6.10. The molecule has 0 saturated carbocycles. The van der Waals surface area contributed by atoms with Crippen molar-refractivity contribution in [3.05, 3.63) is 59.2 Å². The lowest BCUT2D eigenvalue weighted by Crippen LogP contribution is -2.40. The number of nitrogens with zero attached hydrogens (tertiary/aromatic N) is 2. The molecule has 5 nitrogen and oxygen atoms in total. The van der Waals surface area contributed by atoms with Crippen LogP contribution in [0.4, 0.5) is 14.9 Å². The van der Waals surface area contributed by atoms with Crippen LogP contribution in [-0.2, 0) is 13.0 Å². The van der Waals surface area contributed by atoms with Gasteiger partial charge in [-0.3, -0.25) is 4.98 Å². The van der Waals surface area contributed by atoms with E-state index in [1.807, 2.05) is 30.6 Å². The first-order valence-corrected chi connectivity index (χ1v) is 9.19. The van der Waals surface area contributed by atoms with E-state index in [9.17, 15) is 9.18 Å². The van der Waals surface area contributed by atoms with E-state index >= 15 is 0 Å². The molecule has 4 rings (SSSR count).